The van der Waals surface area contributed by atoms with Gasteiger partial charge in [0.05, 0.1) is 25.5 Å². The highest BCUT2D eigenvalue weighted by Crippen LogP contribution is 2.31. The zero-order valence-corrected chi connectivity index (χ0v) is 20.0. The summed E-state index contributed by atoms with van der Waals surface area (Å²) >= 11 is 0. The quantitative estimate of drug-likeness (QED) is 0.190. The molecule has 0 saturated carbocycles. The second kappa shape index (κ2) is 12.8. The number of nitrogen functional groups attached to an aromatic ring is 1. The van der Waals surface area contributed by atoms with Crippen LogP contribution in [0.5, 0.6) is 17.2 Å². The van der Waals surface area contributed by atoms with Crippen LogP contribution in [-0.2, 0) is 11.3 Å². The largest absolute Gasteiger partial charge is 0.504 e. The van der Waals surface area contributed by atoms with E-state index in [1.165, 1.54) is 12.8 Å². The maximum Gasteiger partial charge on any atom is 0.161 e. The number of phenols is 1. The number of aromatic nitrogens is 2. The van der Waals surface area contributed by atoms with E-state index >= 15 is 0 Å². The van der Waals surface area contributed by atoms with E-state index in [1.54, 1.807) is 18.3 Å². The number of phenolic OH excluding ortho intramolecular Hbond substituents is 1. The molecule has 1 aromatic heterocycles. The third-order valence-electron chi connectivity index (χ3n) is 5.90. The van der Waals surface area contributed by atoms with Crippen LogP contribution in [0.15, 0.2) is 60.8 Å². The van der Waals surface area contributed by atoms with Gasteiger partial charge in [-0.1, -0.05) is 12.2 Å². The lowest BCUT2D eigenvalue weighted by Crippen LogP contribution is -2.25. The number of benzene rings is 2. The van der Waals surface area contributed by atoms with Gasteiger partial charge < -0.3 is 25.1 Å². The van der Waals surface area contributed by atoms with Gasteiger partial charge in [-0.25, -0.2) is 0 Å². The number of anilines is 1. The normalized spacial score (nSPS) is 14.1. The van der Waals surface area contributed by atoms with Crippen LogP contribution in [-0.4, -0.2) is 59.7 Å². The lowest BCUT2D eigenvalue weighted by atomic mass is 10.1. The summed E-state index contributed by atoms with van der Waals surface area (Å²) < 4.78 is 17.6. The maximum atomic E-state index is 10.1. The van der Waals surface area contributed by atoms with Crippen molar-refractivity contribution in [1.82, 2.24) is 15.1 Å². The second-order valence-electron chi connectivity index (χ2n) is 8.54. The molecule has 1 saturated heterocycles. The SMILES string of the molecule is Nc1ccc(OCCN2CCCC2)c(COC/C=C\CCOc2cc(-c3ccn[nH]3)ccc2O)c1. The molecule has 8 heteroatoms. The standard InChI is InChI=1S/C27H34N4O4/c28-23-7-9-26(35-17-14-31-12-2-3-13-31)22(18-23)20-33-15-4-1-5-16-34-27-19-21(6-8-25(27)32)24-10-11-29-30-24/h1,4,6-11,18-19,32H,2-3,5,12-17,20,28H2,(H,29,30)/b4-1-. The lowest BCUT2D eigenvalue weighted by Gasteiger charge is -2.17. The monoisotopic (exact) mass is 478 g/mol. The van der Waals surface area contributed by atoms with E-state index in [4.69, 9.17) is 19.9 Å². The zero-order chi connectivity index (χ0) is 24.3. The smallest absolute Gasteiger partial charge is 0.161 e. The molecule has 1 aliphatic rings. The molecular formula is C27H34N4O4. The fourth-order valence-electron chi connectivity index (χ4n) is 4.02. The molecule has 0 amide bonds. The van der Waals surface area contributed by atoms with E-state index in [2.05, 4.69) is 15.1 Å². The van der Waals surface area contributed by atoms with Gasteiger partial charge in [0.25, 0.3) is 0 Å². The number of nitrogens with two attached hydrogens (primary N) is 1. The first-order chi connectivity index (χ1) is 17.2. The Morgan fingerprint density at radius 1 is 1.00 bits per heavy atom. The molecule has 3 aromatic rings. The highest BCUT2D eigenvalue weighted by molar-refractivity contribution is 5.63. The van der Waals surface area contributed by atoms with Crippen LogP contribution in [0, 0.1) is 0 Å². The molecule has 2 heterocycles. The number of ether oxygens (including phenoxy) is 3. The van der Waals surface area contributed by atoms with Gasteiger partial charge in [-0.15, -0.1) is 0 Å². The number of aromatic amines is 1. The van der Waals surface area contributed by atoms with E-state index in [-0.39, 0.29) is 5.75 Å². The van der Waals surface area contributed by atoms with Gasteiger partial charge in [0.2, 0.25) is 0 Å². The van der Waals surface area contributed by atoms with Gasteiger partial charge in [0.1, 0.15) is 12.4 Å². The first kappa shape index (κ1) is 24.6. The van der Waals surface area contributed by atoms with Crippen molar-refractivity contribution in [3.63, 3.8) is 0 Å². The van der Waals surface area contributed by atoms with Gasteiger partial charge in [0.15, 0.2) is 11.5 Å². The van der Waals surface area contributed by atoms with Crippen LogP contribution in [0.25, 0.3) is 11.3 Å². The van der Waals surface area contributed by atoms with Crippen molar-refractivity contribution < 1.29 is 19.3 Å². The van der Waals surface area contributed by atoms with Crippen LogP contribution in [0.1, 0.15) is 24.8 Å². The number of hydrogen-bond donors (Lipinski definition) is 3. The average molecular weight is 479 g/mol. The Labute approximate surface area is 206 Å². The van der Waals surface area contributed by atoms with E-state index in [0.717, 1.165) is 42.2 Å². The van der Waals surface area contributed by atoms with Crippen molar-refractivity contribution in [1.29, 1.82) is 0 Å². The highest BCUT2D eigenvalue weighted by Gasteiger charge is 2.12. The number of H-pyrrole nitrogens is 1. The number of likely N-dealkylation sites (tertiary alicyclic amines) is 1. The minimum atomic E-state index is 0.112. The minimum absolute atomic E-state index is 0.112. The molecule has 0 radical (unpaired) electrons. The lowest BCUT2D eigenvalue weighted by molar-refractivity contribution is 0.144. The Kier molecular flexibility index (Phi) is 9.03. The molecule has 186 valence electrons. The fraction of sp³-hybridized carbons (Fsp3) is 0.370. The summed E-state index contributed by atoms with van der Waals surface area (Å²) in [6.07, 6.45) is 8.91. The summed E-state index contributed by atoms with van der Waals surface area (Å²) in [5, 5.41) is 16.9. The molecular weight excluding hydrogens is 444 g/mol. The zero-order valence-electron chi connectivity index (χ0n) is 20.0. The van der Waals surface area contributed by atoms with Crippen LogP contribution in [0.4, 0.5) is 5.69 Å². The number of nitrogens with zero attached hydrogens (tertiary/aromatic N) is 2. The molecule has 0 spiro atoms. The highest BCUT2D eigenvalue weighted by atomic mass is 16.5. The van der Waals surface area contributed by atoms with Crippen molar-refractivity contribution in [2.45, 2.75) is 25.9 Å². The van der Waals surface area contributed by atoms with E-state index in [9.17, 15) is 5.11 Å². The summed E-state index contributed by atoms with van der Waals surface area (Å²) in [4.78, 5) is 2.43. The summed E-state index contributed by atoms with van der Waals surface area (Å²) in [5.41, 5.74) is 9.39. The van der Waals surface area contributed by atoms with Gasteiger partial charge in [-0.2, -0.15) is 5.10 Å². The molecule has 4 N–H and O–H groups in total. The molecule has 0 unspecified atom stereocenters. The van der Waals surface area contributed by atoms with E-state index in [0.29, 0.717) is 44.3 Å². The van der Waals surface area contributed by atoms with E-state index in [1.807, 2.05) is 42.5 Å². The Morgan fingerprint density at radius 3 is 2.69 bits per heavy atom. The fourth-order valence-corrected chi connectivity index (χ4v) is 4.02. The van der Waals surface area contributed by atoms with Gasteiger partial charge in [0, 0.05) is 29.6 Å². The first-order valence-electron chi connectivity index (χ1n) is 12.1. The maximum absolute atomic E-state index is 10.1. The Morgan fingerprint density at radius 2 is 1.86 bits per heavy atom. The van der Waals surface area contributed by atoms with Crippen LogP contribution < -0.4 is 15.2 Å². The van der Waals surface area contributed by atoms with Gasteiger partial charge in [-0.3, -0.25) is 10.00 Å². The third-order valence-corrected chi connectivity index (χ3v) is 5.90. The minimum Gasteiger partial charge on any atom is -0.504 e. The number of nitrogens with one attached hydrogen (secondary N) is 1. The molecule has 0 atom stereocenters. The molecule has 35 heavy (non-hydrogen) atoms. The van der Waals surface area contributed by atoms with Crippen molar-refractivity contribution in [2.24, 2.45) is 0 Å². The number of rotatable bonds is 13. The first-order valence-corrected chi connectivity index (χ1v) is 12.1. The summed E-state index contributed by atoms with van der Waals surface area (Å²) in [7, 11) is 0. The third kappa shape index (κ3) is 7.50. The molecule has 0 aliphatic carbocycles. The van der Waals surface area contributed by atoms with Gasteiger partial charge >= 0.3 is 0 Å². The second-order valence-corrected chi connectivity index (χ2v) is 8.54. The molecule has 2 aromatic carbocycles. The summed E-state index contributed by atoms with van der Waals surface area (Å²) in [5.74, 6) is 1.38. The van der Waals surface area contributed by atoms with Crippen LogP contribution in [0.3, 0.4) is 0 Å². The van der Waals surface area contributed by atoms with Crippen molar-refractivity contribution in [3.05, 3.63) is 66.4 Å². The molecule has 1 fully saturated rings. The summed E-state index contributed by atoms with van der Waals surface area (Å²) in [6.45, 7) is 5.29. The number of hydrogen-bond acceptors (Lipinski definition) is 7. The van der Waals surface area contributed by atoms with Crippen molar-refractivity contribution >= 4 is 5.69 Å². The number of aromatic hydroxyl groups is 1. The average Bonchev–Trinajstić information content (AvgIpc) is 3.58. The molecule has 4 rings (SSSR count). The molecule has 1 aliphatic heterocycles. The predicted molar refractivity (Wildman–Crippen MR) is 137 cm³/mol. The molecule has 0 bridgehead atoms. The summed E-state index contributed by atoms with van der Waals surface area (Å²) in [6, 6.07) is 12.8. The van der Waals surface area contributed by atoms with Crippen LogP contribution >= 0.6 is 0 Å². The Balaban J connectivity index is 1.16. The van der Waals surface area contributed by atoms with Gasteiger partial charge in [-0.05, 0) is 74.8 Å². The van der Waals surface area contributed by atoms with Crippen LogP contribution in [0.2, 0.25) is 0 Å². The van der Waals surface area contributed by atoms with Crippen molar-refractivity contribution in [2.75, 3.05) is 45.2 Å². The topological polar surface area (TPSA) is 106 Å². The van der Waals surface area contributed by atoms with Crippen molar-refractivity contribution in [3.8, 4) is 28.5 Å². The Bertz CT molecular complexity index is 1080. The molecule has 8 nitrogen and oxygen atoms in total. The van der Waals surface area contributed by atoms with E-state index < -0.39 is 0 Å². The Hall–Kier alpha value is -3.49. The predicted octanol–water partition coefficient (Wildman–Crippen LogP) is 4.38.